The first-order chi connectivity index (χ1) is 12.6. The number of rotatable bonds is 5. The molecule has 2 N–H and O–H groups in total. The molecule has 2 aromatic carbocycles. The van der Waals surface area contributed by atoms with Crippen LogP contribution in [-0.2, 0) is 15.8 Å². The van der Waals surface area contributed by atoms with Gasteiger partial charge in [0.15, 0.2) is 0 Å². The number of carbonyl (C=O) groups is 2. The third-order valence-corrected chi connectivity index (χ3v) is 4.78. The van der Waals surface area contributed by atoms with Crippen LogP contribution in [0.25, 0.3) is 0 Å². The molecule has 0 unspecified atom stereocenters. The second-order valence-electron chi connectivity index (χ2n) is 6.05. The van der Waals surface area contributed by atoms with Crippen molar-refractivity contribution >= 4 is 35.0 Å². The average Bonchev–Trinajstić information content (AvgIpc) is 2.54. The van der Waals surface area contributed by atoms with Crippen molar-refractivity contribution in [2.75, 3.05) is 16.4 Å². The zero-order valence-corrected chi connectivity index (χ0v) is 15.8. The van der Waals surface area contributed by atoms with E-state index in [-0.39, 0.29) is 17.1 Å². The van der Waals surface area contributed by atoms with Crippen molar-refractivity contribution in [3.05, 3.63) is 53.1 Å². The number of alkyl halides is 3. The minimum absolute atomic E-state index is 0.0116. The Balaban J connectivity index is 2.13. The van der Waals surface area contributed by atoms with Crippen molar-refractivity contribution in [3.63, 3.8) is 0 Å². The predicted octanol–water partition coefficient (Wildman–Crippen LogP) is 5.01. The number of halogens is 3. The van der Waals surface area contributed by atoms with Crippen molar-refractivity contribution in [2.45, 2.75) is 31.8 Å². The largest absolute Gasteiger partial charge is 0.418 e. The van der Waals surface area contributed by atoms with Gasteiger partial charge in [-0.2, -0.15) is 13.2 Å². The monoisotopic (exact) mass is 396 g/mol. The lowest BCUT2D eigenvalue weighted by molar-refractivity contribution is -0.137. The molecule has 0 aliphatic heterocycles. The Morgan fingerprint density at radius 1 is 1.04 bits per heavy atom. The second kappa shape index (κ2) is 8.47. The molecule has 0 saturated heterocycles. The minimum atomic E-state index is -4.67. The van der Waals surface area contributed by atoms with Gasteiger partial charge < -0.3 is 10.6 Å². The number of hydrogen-bond donors (Lipinski definition) is 2. The molecule has 0 spiro atoms. The summed E-state index contributed by atoms with van der Waals surface area (Å²) in [6.07, 6.45) is -4.67. The van der Waals surface area contributed by atoms with Gasteiger partial charge in [0, 0.05) is 17.5 Å². The van der Waals surface area contributed by atoms with E-state index in [9.17, 15) is 22.8 Å². The van der Waals surface area contributed by atoms with Crippen LogP contribution in [0.1, 0.15) is 23.6 Å². The summed E-state index contributed by atoms with van der Waals surface area (Å²) in [5.41, 5.74) is 0.748. The quantitative estimate of drug-likeness (QED) is 0.699. The van der Waals surface area contributed by atoms with E-state index in [4.69, 9.17) is 0 Å². The Morgan fingerprint density at radius 3 is 2.33 bits per heavy atom. The smallest absolute Gasteiger partial charge is 0.326 e. The van der Waals surface area contributed by atoms with Gasteiger partial charge >= 0.3 is 6.18 Å². The van der Waals surface area contributed by atoms with Crippen LogP contribution in [0.15, 0.2) is 41.3 Å². The Kier molecular flexibility index (Phi) is 6.54. The molecule has 27 heavy (non-hydrogen) atoms. The third kappa shape index (κ3) is 6.02. The van der Waals surface area contributed by atoms with Crippen LogP contribution >= 0.6 is 11.8 Å². The fourth-order valence-corrected chi connectivity index (χ4v) is 3.27. The molecule has 2 rings (SSSR count). The van der Waals surface area contributed by atoms with Gasteiger partial charge in [-0.3, -0.25) is 9.59 Å². The highest BCUT2D eigenvalue weighted by molar-refractivity contribution is 8.00. The van der Waals surface area contributed by atoms with Crippen LogP contribution in [0.5, 0.6) is 0 Å². The molecule has 2 amide bonds. The van der Waals surface area contributed by atoms with Gasteiger partial charge in [-0.05, 0) is 43.7 Å². The van der Waals surface area contributed by atoms with E-state index < -0.39 is 23.6 Å². The first-order valence-electron chi connectivity index (χ1n) is 8.05. The summed E-state index contributed by atoms with van der Waals surface area (Å²) < 4.78 is 39.9. The summed E-state index contributed by atoms with van der Waals surface area (Å²) in [6.45, 7) is 5.07. The highest BCUT2D eigenvalue weighted by atomic mass is 32.2. The zero-order chi connectivity index (χ0) is 20.2. The van der Waals surface area contributed by atoms with Gasteiger partial charge in [0.05, 0.1) is 17.0 Å². The van der Waals surface area contributed by atoms with Crippen LogP contribution in [0.4, 0.5) is 24.5 Å². The SMILES string of the molecule is CC(=O)Nc1ccc(NC(=O)CSc2ccc(C)cc2C)c(C(F)(F)F)c1. The number of benzene rings is 2. The Labute approximate surface area is 159 Å². The molecule has 8 heteroatoms. The molecule has 2 aromatic rings. The van der Waals surface area contributed by atoms with Crippen LogP contribution in [0.3, 0.4) is 0 Å². The van der Waals surface area contributed by atoms with Crippen LogP contribution < -0.4 is 10.6 Å². The predicted molar refractivity (Wildman–Crippen MR) is 101 cm³/mol. The zero-order valence-electron chi connectivity index (χ0n) is 15.0. The van der Waals surface area contributed by atoms with E-state index in [2.05, 4.69) is 10.6 Å². The maximum Gasteiger partial charge on any atom is 0.418 e. The van der Waals surface area contributed by atoms with Crippen LogP contribution in [-0.4, -0.2) is 17.6 Å². The molecule has 0 heterocycles. The van der Waals surface area contributed by atoms with Crippen LogP contribution in [0, 0.1) is 13.8 Å². The Morgan fingerprint density at radius 2 is 1.74 bits per heavy atom. The molecule has 0 radical (unpaired) electrons. The lowest BCUT2D eigenvalue weighted by atomic mass is 10.1. The summed E-state index contributed by atoms with van der Waals surface area (Å²) in [5.74, 6) is -1.04. The number of thioether (sulfide) groups is 1. The molecule has 0 aliphatic carbocycles. The normalized spacial score (nSPS) is 11.2. The van der Waals surface area contributed by atoms with E-state index in [1.54, 1.807) is 0 Å². The molecule has 4 nitrogen and oxygen atoms in total. The molecule has 0 atom stereocenters. The van der Waals surface area contributed by atoms with Gasteiger partial charge in [0.2, 0.25) is 11.8 Å². The first kappa shape index (κ1) is 20.8. The molecule has 0 aromatic heterocycles. The van der Waals surface area contributed by atoms with E-state index in [1.165, 1.54) is 24.8 Å². The molecule has 0 fully saturated rings. The fraction of sp³-hybridized carbons (Fsp3) is 0.263. The van der Waals surface area contributed by atoms with Crippen molar-refractivity contribution < 1.29 is 22.8 Å². The van der Waals surface area contributed by atoms with Crippen LogP contribution in [0.2, 0.25) is 0 Å². The number of nitrogens with one attached hydrogen (secondary N) is 2. The number of amides is 2. The Hall–Kier alpha value is -2.48. The van der Waals surface area contributed by atoms with Gasteiger partial charge in [0.1, 0.15) is 0 Å². The number of anilines is 2. The summed E-state index contributed by atoms with van der Waals surface area (Å²) in [4.78, 5) is 24.1. The standard InChI is InChI=1S/C19H19F3N2O2S/c1-11-4-7-17(12(2)8-11)27-10-18(26)24-16-6-5-14(23-13(3)25)9-15(16)19(20,21)22/h4-9H,10H2,1-3H3,(H,23,25)(H,24,26). The lowest BCUT2D eigenvalue weighted by Crippen LogP contribution is -2.18. The number of hydrogen-bond acceptors (Lipinski definition) is 3. The van der Waals surface area contributed by atoms with Crippen molar-refractivity contribution in [2.24, 2.45) is 0 Å². The van der Waals surface area contributed by atoms with Gasteiger partial charge in [-0.25, -0.2) is 0 Å². The third-order valence-electron chi connectivity index (χ3n) is 3.61. The summed E-state index contributed by atoms with van der Waals surface area (Å²) >= 11 is 1.26. The van der Waals surface area contributed by atoms with Crippen molar-refractivity contribution in [1.29, 1.82) is 0 Å². The van der Waals surface area contributed by atoms with E-state index >= 15 is 0 Å². The highest BCUT2D eigenvalue weighted by Crippen LogP contribution is 2.36. The van der Waals surface area contributed by atoms with Gasteiger partial charge in [-0.15, -0.1) is 11.8 Å². The second-order valence-corrected chi connectivity index (χ2v) is 7.06. The average molecular weight is 396 g/mol. The Bertz CT molecular complexity index is 867. The summed E-state index contributed by atoms with van der Waals surface area (Å²) in [6, 6.07) is 9.01. The number of aryl methyl sites for hydroxylation is 2. The molecule has 144 valence electrons. The first-order valence-corrected chi connectivity index (χ1v) is 9.03. The summed E-state index contributed by atoms with van der Waals surface area (Å²) in [5, 5.41) is 4.61. The maximum atomic E-state index is 13.3. The lowest BCUT2D eigenvalue weighted by Gasteiger charge is -2.15. The molecular formula is C19H19F3N2O2S. The van der Waals surface area contributed by atoms with E-state index in [0.29, 0.717) is 0 Å². The van der Waals surface area contributed by atoms with Crippen molar-refractivity contribution in [3.8, 4) is 0 Å². The topological polar surface area (TPSA) is 58.2 Å². The molecule has 0 aliphatic rings. The molecule has 0 bridgehead atoms. The minimum Gasteiger partial charge on any atom is -0.326 e. The number of carbonyl (C=O) groups excluding carboxylic acids is 2. The van der Waals surface area contributed by atoms with Crippen molar-refractivity contribution in [1.82, 2.24) is 0 Å². The fourth-order valence-electron chi connectivity index (χ4n) is 2.46. The molecule has 0 saturated carbocycles. The summed E-state index contributed by atoms with van der Waals surface area (Å²) in [7, 11) is 0. The van der Waals surface area contributed by atoms with E-state index in [0.717, 1.165) is 28.2 Å². The maximum absolute atomic E-state index is 13.3. The van der Waals surface area contributed by atoms with Gasteiger partial charge in [0.25, 0.3) is 0 Å². The highest BCUT2D eigenvalue weighted by Gasteiger charge is 2.34. The van der Waals surface area contributed by atoms with Gasteiger partial charge in [-0.1, -0.05) is 17.7 Å². The molecular weight excluding hydrogens is 377 g/mol. The van der Waals surface area contributed by atoms with E-state index in [1.807, 2.05) is 32.0 Å².